The number of rotatable bonds is 4. The van der Waals surface area contributed by atoms with Crippen molar-refractivity contribution < 1.29 is 23.8 Å². The van der Waals surface area contributed by atoms with E-state index in [2.05, 4.69) is 0 Å². The molecule has 2 aromatic rings. The smallest absolute Gasteiger partial charge is 0.339 e. The molecule has 0 saturated carbocycles. The summed E-state index contributed by atoms with van der Waals surface area (Å²) in [4.78, 5) is 22.4. The standard InChI is InChI=1S/C14H11FN2O4/c15-8-4-2-6-10(11(8)13(17)18)21-12-7(14(19)20)3-1-5-9(12)16/h1-6H,16H2,(H2,17,18)(H,19,20). The number of halogens is 1. The second-order valence-electron chi connectivity index (χ2n) is 4.11. The molecule has 7 heteroatoms. The van der Waals surface area contributed by atoms with Crippen molar-refractivity contribution in [3.8, 4) is 11.5 Å². The average molecular weight is 290 g/mol. The lowest BCUT2D eigenvalue weighted by Gasteiger charge is -2.13. The molecule has 2 aromatic carbocycles. The van der Waals surface area contributed by atoms with Gasteiger partial charge in [0.05, 0.1) is 5.69 Å². The van der Waals surface area contributed by atoms with E-state index in [0.29, 0.717) is 0 Å². The van der Waals surface area contributed by atoms with E-state index in [1.807, 2.05) is 0 Å². The lowest BCUT2D eigenvalue weighted by molar-refractivity contribution is 0.0694. The molecule has 0 radical (unpaired) electrons. The molecule has 5 N–H and O–H groups in total. The largest absolute Gasteiger partial charge is 0.478 e. The van der Waals surface area contributed by atoms with Crippen molar-refractivity contribution in [2.24, 2.45) is 5.73 Å². The molecule has 1 amide bonds. The van der Waals surface area contributed by atoms with Crippen LogP contribution in [0.2, 0.25) is 0 Å². The zero-order chi connectivity index (χ0) is 15.6. The zero-order valence-electron chi connectivity index (χ0n) is 10.7. The summed E-state index contributed by atoms with van der Waals surface area (Å²) in [5.74, 6) is -3.56. The normalized spacial score (nSPS) is 10.1. The van der Waals surface area contributed by atoms with Gasteiger partial charge in [0.2, 0.25) is 0 Å². The lowest BCUT2D eigenvalue weighted by atomic mass is 10.1. The number of carbonyl (C=O) groups is 2. The molecule has 0 fully saturated rings. The number of benzene rings is 2. The van der Waals surface area contributed by atoms with E-state index < -0.39 is 23.3 Å². The third kappa shape index (κ3) is 2.76. The van der Waals surface area contributed by atoms with E-state index in [0.717, 1.165) is 6.07 Å². The number of carbonyl (C=O) groups excluding carboxylic acids is 1. The Balaban J connectivity index is 2.56. The van der Waals surface area contributed by atoms with Gasteiger partial charge in [-0.3, -0.25) is 4.79 Å². The summed E-state index contributed by atoms with van der Waals surface area (Å²) in [5.41, 5.74) is 10.1. The van der Waals surface area contributed by atoms with E-state index in [1.54, 1.807) is 0 Å². The van der Waals surface area contributed by atoms with Gasteiger partial charge in [0, 0.05) is 0 Å². The molecular formula is C14H11FN2O4. The first-order chi connectivity index (χ1) is 9.91. The highest BCUT2D eigenvalue weighted by atomic mass is 19.1. The molecule has 0 atom stereocenters. The van der Waals surface area contributed by atoms with Crippen molar-refractivity contribution in [3.05, 3.63) is 53.3 Å². The van der Waals surface area contributed by atoms with Gasteiger partial charge in [-0.15, -0.1) is 0 Å². The fourth-order valence-electron chi connectivity index (χ4n) is 1.78. The Bertz CT molecular complexity index is 731. The first-order valence-electron chi connectivity index (χ1n) is 5.79. The van der Waals surface area contributed by atoms with Crippen LogP contribution in [0.3, 0.4) is 0 Å². The number of ether oxygens (including phenoxy) is 1. The summed E-state index contributed by atoms with van der Waals surface area (Å²) in [6.45, 7) is 0. The Hall–Kier alpha value is -3.09. The number of aromatic carboxylic acids is 1. The monoisotopic (exact) mass is 290 g/mol. The van der Waals surface area contributed by atoms with Gasteiger partial charge in [0.1, 0.15) is 22.7 Å². The molecule has 0 heterocycles. The highest BCUT2D eigenvalue weighted by molar-refractivity contribution is 5.97. The predicted molar refractivity (Wildman–Crippen MR) is 72.8 cm³/mol. The zero-order valence-corrected chi connectivity index (χ0v) is 10.7. The molecule has 0 aromatic heterocycles. The number of para-hydroxylation sites is 1. The van der Waals surface area contributed by atoms with Crippen LogP contribution in [0.15, 0.2) is 36.4 Å². The van der Waals surface area contributed by atoms with Crippen molar-refractivity contribution in [1.29, 1.82) is 0 Å². The summed E-state index contributed by atoms with van der Waals surface area (Å²) < 4.78 is 19.0. The second kappa shape index (κ2) is 5.49. The third-order valence-electron chi connectivity index (χ3n) is 2.71. The van der Waals surface area contributed by atoms with E-state index in [1.165, 1.54) is 30.3 Å². The molecule has 6 nitrogen and oxygen atoms in total. The number of hydrogen-bond donors (Lipinski definition) is 3. The summed E-state index contributed by atoms with van der Waals surface area (Å²) >= 11 is 0. The van der Waals surface area contributed by atoms with Crippen LogP contribution in [0.1, 0.15) is 20.7 Å². The van der Waals surface area contributed by atoms with Crippen LogP contribution in [0.4, 0.5) is 10.1 Å². The van der Waals surface area contributed by atoms with Gasteiger partial charge in [0.15, 0.2) is 5.75 Å². The van der Waals surface area contributed by atoms with E-state index in [4.69, 9.17) is 21.3 Å². The predicted octanol–water partition coefficient (Wildman–Crippen LogP) is 2.00. The number of nitrogens with two attached hydrogens (primary N) is 2. The van der Waals surface area contributed by atoms with Gasteiger partial charge in [0.25, 0.3) is 5.91 Å². The van der Waals surface area contributed by atoms with Crippen molar-refractivity contribution >= 4 is 17.6 Å². The summed E-state index contributed by atoms with van der Waals surface area (Å²) in [7, 11) is 0. The quantitative estimate of drug-likeness (QED) is 0.745. The highest BCUT2D eigenvalue weighted by Gasteiger charge is 2.20. The van der Waals surface area contributed by atoms with Gasteiger partial charge < -0.3 is 21.3 Å². The fourth-order valence-corrected chi connectivity index (χ4v) is 1.78. The van der Waals surface area contributed by atoms with Gasteiger partial charge in [-0.25, -0.2) is 9.18 Å². The molecule has 21 heavy (non-hydrogen) atoms. The summed E-state index contributed by atoms with van der Waals surface area (Å²) in [5, 5.41) is 9.10. The molecule has 0 aliphatic carbocycles. The molecule has 108 valence electrons. The minimum absolute atomic E-state index is 0.0366. The Labute approximate surface area is 118 Å². The minimum Gasteiger partial charge on any atom is -0.478 e. The van der Waals surface area contributed by atoms with Gasteiger partial charge >= 0.3 is 5.97 Å². The van der Waals surface area contributed by atoms with Crippen LogP contribution in [-0.2, 0) is 0 Å². The van der Waals surface area contributed by atoms with Crippen molar-refractivity contribution in [2.75, 3.05) is 5.73 Å². The van der Waals surface area contributed by atoms with E-state index >= 15 is 0 Å². The average Bonchev–Trinajstić information content (AvgIpc) is 2.40. The van der Waals surface area contributed by atoms with Gasteiger partial charge in [-0.2, -0.15) is 0 Å². The molecular weight excluding hydrogens is 279 g/mol. The highest BCUT2D eigenvalue weighted by Crippen LogP contribution is 2.33. The lowest BCUT2D eigenvalue weighted by Crippen LogP contribution is -2.15. The fraction of sp³-hybridized carbons (Fsp3) is 0. The van der Waals surface area contributed by atoms with E-state index in [9.17, 15) is 14.0 Å². The van der Waals surface area contributed by atoms with Crippen molar-refractivity contribution in [1.82, 2.24) is 0 Å². The number of primary amides is 1. The second-order valence-corrected chi connectivity index (χ2v) is 4.11. The number of carboxylic acids is 1. The van der Waals surface area contributed by atoms with Gasteiger partial charge in [-0.1, -0.05) is 12.1 Å². The number of hydrogen-bond acceptors (Lipinski definition) is 4. The maximum absolute atomic E-state index is 13.6. The molecule has 0 unspecified atom stereocenters. The minimum atomic E-state index is -1.27. The number of nitrogen functional groups attached to an aromatic ring is 1. The topological polar surface area (TPSA) is 116 Å². The molecule has 0 spiro atoms. The number of amides is 1. The Morgan fingerprint density at radius 3 is 2.43 bits per heavy atom. The van der Waals surface area contributed by atoms with Crippen LogP contribution in [-0.4, -0.2) is 17.0 Å². The number of carboxylic acid groups (broad SMARTS) is 1. The van der Waals surface area contributed by atoms with Crippen LogP contribution >= 0.6 is 0 Å². The maximum Gasteiger partial charge on any atom is 0.339 e. The van der Waals surface area contributed by atoms with Crippen LogP contribution in [0.25, 0.3) is 0 Å². The summed E-state index contributed by atoms with van der Waals surface area (Å²) in [6, 6.07) is 7.77. The third-order valence-corrected chi connectivity index (χ3v) is 2.71. The Morgan fingerprint density at radius 1 is 1.14 bits per heavy atom. The number of anilines is 1. The molecule has 0 aliphatic heterocycles. The molecule has 2 rings (SSSR count). The maximum atomic E-state index is 13.6. The van der Waals surface area contributed by atoms with Crippen LogP contribution in [0, 0.1) is 5.82 Å². The molecule has 0 bridgehead atoms. The van der Waals surface area contributed by atoms with Crippen molar-refractivity contribution in [2.45, 2.75) is 0 Å². The van der Waals surface area contributed by atoms with Gasteiger partial charge in [-0.05, 0) is 24.3 Å². The first kappa shape index (κ1) is 14.3. The first-order valence-corrected chi connectivity index (χ1v) is 5.79. The van der Waals surface area contributed by atoms with Crippen LogP contribution < -0.4 is 16.2 Å². The van der Waals surface area contributed by atoms with Crippen LogP contribution in [0.5, 0.6) is 11.5 Å². The molecule has 0 saturated heterocycles. The Kier molecular flexibility index (Phi) is 3.75. The SMILES string of the molecule is NC(=O)c1c(F)cccc1Oc1c(N)cccc1C(=O)O. The Morgan fingerprint density at radius 2 is 1.81 bits per heavy atom. The summed E-state index contributed by atoms with van der Waals surface area (Å²) in [6.07, 6.45) is 0. The van der Waals surface area contributed by atoms with E-state index in [-0.39, 0.29) is 22.7 Å². The molecule has 0 aliphatic rings. The van der Waals surface area contributed by atoms with Crippen molar-refractivity contribution in [3.63, 3.8) is 0 Å².